The van der Waals surface area contributed by atoms with Gasteiger partial charge >= 0.3 is 5.69 Å². The molecule has 0 aliphatic carbocycles. The van der Waals surface area contributed by atoms with E-state index in [0.29, 0.717) is 10.0 Å². The molecule has 4 N–H and O–H groups in total. The van der Waals surface area contributed by atoms with Crippen LogP contribution in [-0.4, -0.2) is 52.4 Å². The van der Waals surface area contributed by atoms with E-state index in [-0.39, 0.29) is 4.90 Å². The Morgan fingerprint density at radius 3 is 2.55 bits per heavy atom. The first-order valence-corrected chi connectivity index (χ1v) is 10.4. The van der Waals surface area contributed by atoms with Gasteiger partial charge in [0.2, 0.25) is 0 Å². The van der Waals surface area contributed by atoms with Crippen molar-refractivity contribution in [2.75, 3.05) is 0 Å². The van der Waals surface area contributed by atoms with E-state index in [4.69, 9.17) is 4.74 Å². The monoisotopic (exact) mass is 489 g/mol. The van der Waals surface area contributed by atoms with Gasteiger partial charge in [-0.2, -0.15) is 0 Å². The predicted molar refractivity (Wildman–Crippen MR) is 101 cm³/mol. The normalized spacial score (nSPS) is 24.4. The van der Waals surface area contributed by atoms with Crippen LogP contribution in [0.15, 0.2) is 49.4 Å². The van der Waals surface area contributed by atoms with Crippen molar-refractivity contribution in [1.29, 1.82) is 0 Å². The first kappa shape index (κ1) is 21.4. The second kappa shape index (κ2) is 7.84. The first-order chi connectivity index (χ1) is 13.5. The van der Waals surface area contributed by atoms with Crippen molar-refractivity contribution in [2.24, 2.45) is 0 Å². The number of aliphatic hydroxyl groups excluding tert-OH is 2. The summed E-state index contributed by atoms with van der Waals surface area (Å²) >= 11 is 3.24. The zero-order chi connectivity index (χ0) is 21.5. The molecule has 1 saturated heterocycles. The molecule has 1 aromatic heterocycles. The smallest absolute Gasteiger partial charge is 0.330 e. The molecule has 1 aliphatic rings. The van der Waals surface area contributed by atoms with E-state index in [2.05, 4.69) is 15.9 Å². The van der Waals surface area contributed by atoms with Crippen LogP contribution in [0.2, 0.25) is 0 Å². The molecule has 1 aromatic carbocycles. The highest BCUT2D eigenvalue weighted by molar-refractivity contribution is 9.10. The molecule has 0 spiro atoms. The summed E-state index contributed by atoms with van der Waals surface area (Å²) in [6.07, 6.45) is -5.82. The van der Waals surface area contributed by atoms with Crippen LogP contribution in [0.1, 0.15) is 11.8 Å². The van der Waals surface area contributed by atoms with Crippen LogP contribution in [-0.2, 0) is 19.6 Å². The number of sulfonamides is 1. The Morgan fingerprint density at radius 1 is 1.24 bits per heavy atom. The van der Waals surface area contributed by atoms with E-state index in [1.165, 1.54) is 18.2 Å². The number of H-pyrrole nitrogens is 1. The molecule has 2 heterocycles. The van der Waals surface area contributed by atoms with Gasteiger partial charge in [0.15, 0.2) is 12.3 Å². The second-order valence-electron chi connectivity index (χ2n) is 6.33. The van der Waals surface area contributed by atoms with Crippen LogP contribution in [0.25, 0.3) is 0 Å². The number of aliphatic hydroxyl groups is 2. The molecule has 156 valence electrons. The van der Waals surface area contributed by atoms with E-state index in [9.17, 15) is 33.0 Å². The molecule has 1 amide bonds. The topological polar surface area (TPSA) is 168 Å². The Hall–Kier alpha value is -2.32. The van der Waals surface area contributed by atoms with Crippen molar-refractivity contribution in [3.63, 3.8) is 0 Å². The molecule has 3 rings (SSSR count). The Bertz CT molecular complexity index is 1180. The highest BCUT2D eigenvalue weighted by Gasteiger charge is 2.48. The molecule has 2 aromatic rings. The fraction of sp³-hybridized carbons (Fsp3) is 0.312. The molecule has 1 fully saturated rings. The quantitative estimate of drug-likeness (QED) is 0.412. The third kappa shape index (κ3) is 4.18. The van der Waals surface area contributed by atoms with Crippen LogP contribution in [0.5, 0.6) is 0 Å². The van der Waals surface area contributed by atoms with Crippen LogP contribution in [0.4, 0.5) is 0 Å². The highest BCUT2D eigenvalue weighted by Crippen LogP contribution is 2.29. The molecule has 0 unspecified atom stereocenters. The molecule has 0 bridgehead atoms. The van der Waals surface area contributed by atoms with E-state index in [1.807, 2.05) is 4.98 Å². The lowest BCUT2D eigenvalue weighted by Crippen LogP contribution is -2.44. The molecule has 0 radical (unpaired) electrons. The fourth-order valence-electron chi connectivity index (χ4n) is 2.77. The molecular weight excluding hydrogens is 474 g/mol. The number of aromatic amines is 1. The summed E-state index contributed by atoms with van der Waals surface area (Å²) in [6.45, 7) is 1.66. The van der Waals surface area contributed by atoms with Gasteiger partial charge in [-0.25, -0.2) is 17.9 Å². The van der Waals surface area contributed by atoms with Crippen LogP contribution in [0, 0.1) is 6.92 Å². The maximum atomic E-state index is 12.5. The fourth-order valence-corrected chi connectivity index (χ4v) is 4.09. The summed E-state index contributed by atoms with van der Waals surface area (Å²) in [5.74, 6) is -1.22. The van der Waals surface area contributed by atoms with Gasteiger partial charge in [-0.15, -0.1) is 0 Å². The Balaban J connectivity index is 1.83. The number of aryl methyl sites for hydroxylation is 1. The van der Waals surface area contributed by atoms with Gasteiger partial charge in [0.05, 0.1) is 4.90 Å². The number of carbonyl (C=O) groups excluding carboxylic acids is 1. The summed E-state index contributed by atoms with van der Waals surface area (Å²) in [5.41, 5.74) is -1.01. The standard InChI is InChI=1S/C16H16BrN3O8S/c1-7-6-8(2-3-9(7)17)29(26,27)19-14(24)13-11(22)12(23)15(28-13)20-5-4-10(21)18-16(20)25/h2-6,11-13,15,22-23H,1H3,(H,19,24)(H,18,21,25)/t11-,12+,13-,15+/m0/s1. The maximum Gasteiger partial charge on any atom is 0.330 e. The summed E-state index contributed by atoms with van der Waals surface area (Å²) in [6, 6.07) is 5.09. The van der Waals surface area contributed by atoms with E-state index < -0.39 is 51.7 Å². The first-order valence-electron chi connectivity index (χ1n) is 8.17. The van der Waals surface area contributed by atoms with Gasteiger partial charge in [-0.3, -0.25) is 19.1 Å². The zero-order valence-corrected chi connectivity index (χ0v) is 17.2. The molecule has 0 saturated carbocycles. The van der Waals surface area contributed by atoms with Crippen LogP contribution >= 0.6 is 15.9 Å². The third-order valence-electron chi connectivity index (χ3n) is 4.30. The number of carbonyl (C=O) groups is 1. The number of halogens is 1. The molecule has 1 aliphatic heterocycles. The summed E-state index contributed by atoms with van der Waals surface area (Å²) < 4.78 is 33.4. The highest BCUT2D eigenvalue weighted by atomic mass is 79.9. The number of amides is 1. The SMILES string of the molecule is Cc1cc(S(=O)(=O)NC(=O)[C@H]2O[C@@H](n3ccc(=O)[nH]c3=O)[C@H](O)[C@@H]2O)ccc1Br. The maximum absolute atomic E-state index is 12.5. The van der Waals surface area contributed by atoms with Gasteiger partial charge < -0.3 is 14.9 Å². The van der Waals surface area contributed by atoms with Gasteiger partial charge in [0.25, 0.3) is 21.5 Å². The Morgan fingerprint density at radius 2 is 1.93 bits per heavy atom. The van der Waals surface area contributed by atoms with E-state index in [1.54, 1.807) is 11.6 Å². The minimum atomic E-state index is -4.28. The Labute approximate surface area is 172 Å². The number of aromatic nitrogens is 2. The summed E-state index contributed by atoms with van der Waals surface area (Å²) in [5, 5.41) is 20.3. The molecule has 29 heavy (non-hydrogen) atoms. The van der Waals surface area contributed by atoms with Crippen molar-refractivity contribution in [2.45, 2.75) is 36.4 Å². The minimum Gasteiger partial charge on any atom is -0.387 e. The second-order valence-corrected chi connectivity index (χ2v) is 8.86. The van der Waals surface area contributed by atoms with Gasteiger partial charge in [-0.1, -0.05) is 15.9 Å². The summed E-state index contributed by atoms with van der Waals surface area (Å²) in [7, 11) is -4.28. The predicted octanol–water partition coefficient (Wildman–Crippen LogP) is -1.27. The van der Waals surface area contributed by atoms with Crippen molar-refractivity contribution in [3.8, 4) is 0 Å². The number of rotatable bonds is 4. The molecule has 11 nitrogen and oxygen atoms in total. The zero-order valence-electron chi connectivity index (χ0n) is 14.8. The average molecular weight is 490 g/mol. The lowest BCUT2D eigenvalue weighted by molar-refractivity contribution is -0.135. The van der Waals surface area contributed by atoms with Gasteiger partial charge in [-0.05, 0) is 30.7 Å². The lowest BCUT2D eigenvalue weighted by Gasteiger charge is -2.16. The lowest BCUT2D eigenvalue weighted by atomic mass is 10.1. The number of hydrogen-bond acceptors (Lipinski definition) is 8. The van der Waals surface area contributed by atoms with Gasteiger partial charge in [0, 0.05) is 16.7 Å². The number of nitrogens with zero attached hydrogens (tertiary/aromatic N) is 1. The number of ether oxygens (including phenoxy) is 1. The number of benzene rings is 1. The van der Waals surface area contributed by atoms with Crippen molar-refractivity contribution in [3.05, 3.63) is 61.3 Å². The van der Waals surface area contributed by atoms with Crippen molar-refractivity contribution >= 4 is 31.9 Å². The molecule has 4 atom stereocenters. The minimum absolute atomic E-state index is 0.187. The van der Waals surface area contributed by atoms with Gasteiger partial charge in [0.1, 0.15) is 12.2 Å². The van der Waals surface area contributed by atoms with Crippen molar-refractivity contribution in [1.82, 2.24) is 14.3 Å². The van der Waals surface area contributed by atoms with Crippen LogP contribution in [0.3, 0.4) is 0 Å². The average Bonchev–Trinajstić information content (AvgIpc) is 2.92. The molecule has 13 heteroatoms. The molecular formula is C16H16BrN3O8S. The largest absolute Gasteiger partial charge is 0.387 e. The van der Waals surface area contributed by atoms with Crippen molar-refractivity contribution < 1.29 is 28.2 Å². The van der Waals surface area contributed by atoms with E-state index >= 15 is 0 Å². The number of nitrogens with one attached hydrogen (secondary N) is 2. The Kier molecular flexibility index (Phi) is 5.78. The van der Waals surface area contributed by atoms with E-state index in [0.717, 1.165) is 16.8 Å². The summed E-state index contributed by atoms with van der Waals surface area (Å²) in [4.78, 5) is 37.2. The number of hydrogen-bond donors (Lipinski definition) is 4. The van der Waals surface area contributed by atoms with Crippen LogP contribution < -0.4 is 16.0 Å². The third-order valence-corrected chi connectivity index (χ3v) is 6.53.